The van der Waals surface area contributed by atoms with Gasteiger partial charge in [-0.15, -0.1) is 0 Å². The average molecular weight is 387 g/mol. The molecule has 0 aromatic heterocycles. The molecule has 0 spiro atoms. The van der Waals surface area contributed by atoms with Crippen LogP contribution in [0.25, 0.3) is 0 Å². The van der Waals surface area contributed by atoms with E-state index < -0.39 is 18.0 Å². The van der Waals surface area contributed by atoms with Gasteiger partial charge in [0.2, 0.25) is 6.79 Å². The first kappa shape index (κ1) is 19.3. The maximum absolute atomic E-state index is 12.3. The van der Waals surface area contributed by atoms with Crippen molar-refractivity contribution in [3.05, 3.63) is 47.5 Å². The number of carbonyl (C=O) groups excluding carboxylic acids is 2. The molecular weight excluding hydrogens is 366 g/mol. The largest absolute Gasteiger partial charge is 0.493 e. The monoisotopic (exact) mass is 387 g/mol. The average Bonchev–Trinajstić information content (AvgIpc) is 3.19. The number of fused-ring (bicyclic) bond motifs is 1. The van der Waals surface area contributed by atoms with Crippen molar-refractivity contribution in [2.24, 2.45) is 0 Å². The lowest BCUT2D eigenvalue weighted by atomic mass is 10.2. The standard InChI is InChI=1S/C20H21NO7/c1-12(28-20(23)14-5-7-15(24-2)17(9-14)25-3)19(22)21-10-13-4-6-16-18(8-13)27-11-26-16/h4-9,12H,10-11H2,1-3H3,(H,21,22). The van der Waals surface area contributed by atoms with Gasteiger partial charge in [-0.3, -0.25) is 4.79 Å². The van der Waals surface area contributed by atoms with E-state index in [9.17, 15) is 9.59 Å². The zero-order valence-electron chi connectivity index (χ0n) is 15.8. The van der Waals surface area contributed by atoms with Crippen LogP contribution in [0.4, 0.5) is 0 Å². The number of esters is 1. The molecule has 28 heavy (non-hydrogen) atoms. The Morgan fingerprint density at radius 3 is 2.54 bits per heavy atom. The summed E-state index contributed by atoms with van der Waals surface area (Å²) in [5.41, 5.74) is 1.10. The molecular formula is C20H21NO7. The van der Waals surface area contributed by atoms with Crippen LogP contribution in [0, 0.1) is 0 Å². The third kappa shape index (κ3) is 4.28. The summed E-state index contributed by atoms with van der Waals surface area (Å²) in [6, 6.07) is 10.0. The lowest BCUT2D eigenvalue weighted by molar-refractivity contribution is -0.129. The Bertz CT molecular complexity index is 881. The molecule has 0 radical (unpaired) electrons. The van der Waals surface area contributed by atoms with Gasteiger partial charge in [-0.1, -0.05) is 6.07 Å². The zero-order chi connectivity index (χ0) is 20.1. The van der Waals surface area contributed by atoms with Gasteiger partial charge in [-0.25, -0.2) is 4.79 Å². The van der Waals surface area contributed by atoms with E-state index in [1.54, 1.807) is 24.3 Å². The Morgan fingerprint density at radius 1 is 1.04 bits per heavy atom. The molecule has 1 aliphatic rings. The van der Waals surface area contributed by atoms with Gasteiger partial charge in [0.25, 0.3) is 5.91 Å². The number of amides is 1. The molecule has 0 bridgehead atoms. The van der Waals surface area contributed by atoms with Crippen molar-refractivity contribution in [2.45, 2.75) is 19.6 Å². The van der Waals surface area contributed by atoms with Crippen LogP contribution in [-0.4, -0.2) is 39.0 Å². The molecule has 2 aromatic rings. The van der Waals surface area contributed by atoms with Crippen LogP contribution in [0.2, 0.25) is 0 Å². The first-order chi connectivity index (χ1) is 13.5. The van der Waals surface area contributed by atoms with Crippen molar-refractivity contribution < 1.29 is 33.3 Å². The van der Waals surface area contributed by atoms with E-state index in [-0.39, 0.29) is 18.9 Å². The summed E-state index contributed by atoms with van der Waals surface area (Å²) in [6.45, 7) is 1.97. The smallest absolute Gasteiger partial charge is 0.339 e. The van der Waals surface area contributed by atoms with Gasteiger partial charge in [-0.05, 0) is 42.8 Å². The van der Waals surface area contributed by atoms with Crippen molar-refractivity contribution in [3.8, 4) is 23.0 Å². The molecule has 1 unspecified atom stereocenters. The summed E-state index contributed by atoms with van der Waals surface area (Å²) in [6.07, 6.45) is -0.963. The number of rotatable bonds is 7. The highest BCUT2D eigenvalue weighted by atomic mass is 16.7. The van der Waals surface area contributed by atoms with Crippen molar-refractivity contribution >= 4 is 11.9 Å². The van der Waals surface area contributed by atoms with Gasteiger partial charge in [-0.2, -0.15) is 0 Å². The first-order valence-corrected chi connectivity index (χ1v) is 8.61. The lowest BCUT2D eigenvalue weighted by Gasteiger charge is -2.14. The Labute approximate surface area is 162 Å². The van der Waals surface area contributed by atoms with E-state index >= 15 is 0 Å². The van der Waals surface area contributed by atoms with Crippen LogP contribution in [0.15, 0.2) is 36.4 Å². The summed E-state index contributed by atoms with van der Waals surface area (Å²) < 4.78 is 26.1. The molecule has 148 valence electrons. The van der Waals surface area contributed by atoms with Crippen LogP contribution in [0.1, 0.15) is 22.8 Å². The van der Waals surface area contributed by atoms with Crippen molar-refractivity contribution in [2.75, 3.05) is 21.0 Å². The molecule has 1 atom stereocenters. The minimum atomic E-state index is -0.963. The third-order valence-electron chi connectivity index (χ3n) is 4.18. The van der Waals surface area contributed by atoms with Crippen molar-refractivity contribution in [1.82, 2.24) is 5.32 Å². The van der Waals surface area contributed by atoms with E-state index in [1.165, 1.54) is 27.2 Å². The second-order valence-corrected chi connectivity index (χ2v) is 6.02. The van der Waals surface area contributed by atoms with Crippen molar-refractivity contribution in [3.63, 3.8) is 0 Å². The Kier molecular flexibility index (Phi) is 5.88. The minimum absolute atomic E-state index is 0.189. The number of nitrogens with one attached hydrogen (secondary N) is 1. The molecule has 1 heterocycles. The summed E-state index contributed by atoms with van der Waals surface area (Å²) in [4.78, 5) is 24.6. The quantitative estimate of drug-likeness (QED) is 0.729. The fourth-order valence-corrected chi connectivity index (χ4v) is 2.63. The number of carbonyl (C=O) groups is 2. The fourth-order valence-electron chi connectivity index (χ4n) is 2.63. The second-order valence-electron chi connectivity index (χ2n) is 6.02. The fraction of sp³-hybridized carbons (Fsp3) is 0.300. The number of hydrogen-bond donors (Lipinski definition) is 1. The van der Waals surface area contributed by atoms with Crippen LogP contribution in [0.3, 0.4) is 0 Å². The molecule has 0 saturated heterocycles. The molecule has 1 N–H and O–H groups in total. The second kappa shape index (κ2) is 8.51. The zero-order valence-corrected chi connectivity index (χ0v) is 15.8. The molecule has 0 fully saturated rings. The van der Waals surface area contributed by atoms with Gasteiger partial charge in [0, 0.05) is 6.54 Å². The van der Waals surface area contributed by atoms with E-state index in [4.69, 9.17) is 23.7 Å². The normalized spacial score (nSPS) is 12.8. The van der Waals surface area contributed by atoms with E-state index in [0.29, 0.717) is 23.0 Å². The maximum atomic E-state index is 12.3. The van der Waals surface area contributed by atoms with Gasteiger partial charge in [0.15, 0.2) is 29.1 Å². The molecule has 0 aliphatic carbocycles. The number of hydrogen-bond acceptors (Lipinski definition) is 7. The molecule has 8 nitrogen and oxygen atoms in total. The predicted molar refractivity (Wildman–Crippen MR) is 98.8 cm³/mol. The van der Waals surface area contributed by atoms with Gasteiger partial charge < -0.3 is 29.0 Å². The van der Waals surface area contributed by atoms with Gasteiger partial charge in [0.1, 0.15) is 0 Å². The summed E-state index contributed by atoms with van der Waals surface area (Å²) in [5, 5.41) is 2.73. The highest BCUT2D eigenvalue weighted by Crippen LogP contribution is 2.32. The van der Waals surface area contributed by atoms with Crippen LogP contribution >= 0.6 is 0 Å². The Balaban J connectivity index is 1.55. The summed E-state index contributed by atoms with van der Waals surface area (Å²) in [7, 11) is 2.97. The molecule has 2 aromatic carbocycles. The molecule has 8 heteroatoms. The summed E-state index contributed by atoms with van der Waals surface area (Å²) >= 11 is 0. The first-order valence-electron chi connectivity index (χ1n) is 8.61. The number of benzene rings is 2. The molecule has 0 saturated carbocycles. The Hall–Kier alpha value is -3.42. The van der Waals surface area contributed by atoms with Crippen molar-refractivity contribution in [1.29, 1.82) is 0 Å². The minimum Gasteiger partial charge on any atom is -0.493 e. The molecule has 1 amide bonds. The third-order valence-corrected chi connectivity index (χ3v) is 4.18. The van der Waals surface area contributed by atoms with E-state index in [0.717, 1.165) is 5.56 Å². The Morgan fingerprint density at radius 2 is 1.79 bits per heavy atom. The SMILES string of the molecule is COc1ccc(C(=O)OC(C)C(=O)NCc2ccc3c(c2)OCO3)cc1OC. The van der Waals surface area contributed by atoms with Crippen LogP contribution < -0.4 is 24.3 Å². The topological polar surface area (TPSA) is 92.3 Å². The predicted octanol–water partition coefficient (Wildman–Crippen LogP) is 2.29. The van der Waals surface area contributed by atoms with E-state index in [1.807, 2.05) is 6.07 Å². The number of ether oxygens (including phenoxy) is 5. The van der Waals surface area contributed by atoms with E-state index in [2.05, 4.69) is 5.32 Å². The van der Waals surface area contributed by atoms with Gasteiger partial charge >= 0.3 is 5.97 Å². The van der Waals surface area contributed by atoms with Crippen LogP contribution in [-0.2, 0) is 16.1 Å². The molecule has 1 aliphatic heterocycles. The molecule has 3 rings (SSSR count). The van der Waals surface area contributed by atoms with Crippen LogP contribution in [0.5, 0.6) is 23.0 Å². The maximum Gasteiger partial charge on any atom is 0.339 e. The van der Waals surface area contributed by atoms with Gasteiger partial charge in [0.05, 0.1) is 19.8 Å². The number of methoxy groups -OCH3 is 2. The summed E-state index contributed by atoms with van der Waals surface area (Å²) in [5.74, 6) is 1.16. The lowest BCUT2D eigenvalue weighted by Crippen LogP contribution is -2.35. The highest BCUT2D eigenvalue weighted by molar-refractivity contribution is 5.92. The highest BCUT2D eigenvalue weighted by Gasteiger charge is 2.20.